The van der Waals surface area contributed by atoms with Crippen molar-refractivity contribution in [2.75, 3.05) is 40.1 Å². The fourth-order valence-electron chi connectivity index (χ4n) is 2.81. The van der Waals surface area contributed by atoms with Crippen LogP contribution in [0.1, 0.15) is 18.4 Å². The van der Waals surface area contributed by atoms with Gasteiger partial charge in [-0.15, -0.1) is 0 Å². The Morgan fingerprint density at radius 2 is 2.17 bits per heavy atom. The Hall–Kier alpha value is -1.27. The van der Waals surface area contributed by atoms with E-state index in [0.29, 0.717) is 6.54 Å². The standard InChI is InChI=1S/C17H26FN3OS/c1-19-16(20-13-17(23-3)7-9-22-10-8-17)21(2)12-14-5-4-6-15(18)11-14/h4-6,11H,7-10,12-13H2,1-3H3,(H,19,20). The van der Waals surface area contributed by atoms with Crippen molar-refractivity contribution in [3.8, 4) is 0 Å². The summed E-state index contributed by atoms with van der Waals surface area (Å²) in [6.45, 7) is 3.12. The Balaban J connectivity index is 1.93. The lowest BCUT2D eigenvalue weighted by Crippen LogP contribution is -2.48. The van der Waals surface area contributed by atoms with Crippen LogP contribution >= 0.6 is 11.8 Å². The van der Waals surface area contributed by atoms with Crippen molar-refractivity contribution in [1.82, 2.24) is 10.2 Å². The number of guanidine groups is 1. The van der Waals surface area contributed by atoms with Crippen molar-refractivity contribution in [1.29, 1.82) is 0 Å². The molecule has 1 fully saturated rings. The molecule has 1 heterocycles. The van der Waals surface area contributed by atoms with Gasteiger partial charge in [-0.25, -0.2) is 4.39 Å². The van der Waals surface area contributed by atoms with Crippen LogP contribution in [0.2, 0.25) is 0 Å². The molecule has 0 aromatic heterocycles. The first-order valence-electron chi connectivity index (χ1n) is 7.88. The number of halogens is 1. The minimum absolute atomic E-state index is 0.202. The molecule has 0 atom stereocenters. The maximum absolute atomic E-state index is 13.3. The van der Waals surface area contributed by atoms with Crippen molar-refractivity contribution < 1.29 is 9.13 Å². The first-order valence-corrected chi connectivity index (χ1v) is 9.10. The lowest BCUT2D eigenvalue weighted by atomic mass is 9.99. The Labute approximate surface area is 142 Å². The third kappa shape index (κ3) is 5.11. The highest BCUT2D eigenvalue weighted by molar-refractivity contribution is 8.00. The zero-order valence-electron chi connectivity index (χ0n) is 14.1. The number of thioether (sulfide) groups is 1. The van der Waals surface area contributed by atoms with Gasteiger partial charge in [0.15, 0.2) is 5.96 Å². The number of hydrogen-bond donors (Lipinski definition) is 1. The van der Waals surface area contributed by atoms with Crippen LogP contribution in [-0.4, -0.2) is 55.7 Å². The Bertz CT molecular complexity index is 532. The smallest absolute Gasteiger partial charge is 0.193 e. The Morgan fingerprint density at radius 1 is 1.43 bits per heavy atom. The van der Waals surface area contributed by atoms with Gasteiger partial charge in [0.05, 0.1) is 0 Å². The molecule has 0 saturated carbocycles. The van der Waals surface area contributed by atoms with E-state index >= 15 is 0 Å². The molecule has 23 heavy (non-hydrogen) atoms. The number of hydrogen-bond acceptors (Lipinski definition) is 3. The number of nitrogens with one attached hydrogen (secondary N) is 1. The van der Waals surface area contributed by atoms with E-state index in [1.54, 1.807) is 19.2 Å². The van der Waals surface area contributed by atoms with Crippen LogP contribution in [0.5, 0.6) is 0 Å². The molecule has 0 aliphatic carbocycles. The van der Waals surface area contributed by atoms with Crippen LogP contribution in [0.25, 0.3) is 0 Å². The van der Waals surface area contributed by atoms with Crippen molar-refractivity contribution in [3.05, 3.63) is 35.6 Å². The normalized spacial score (nSPS) is 17.8. The summed E-state index contributed by atoms with van der Waals surface area (Å²) in [6.07, 6.45) is 4.25. The van der Waals surface area contributed by atoms with Crippen LogP contribution in [-0.2, 0) is 11.3 Å². The molecule has 0 amide bonds. The third-order valence-electron chi connectivity index (χ3n) is 4.29. The summed E-state index contributed by atoms with van der Waals surface area (Å²) in [5, 5.41) is 3.47. The predicted octanol–water partition coefficient (Wildman–Crippen LogP) is 2.75. The van der Waals surface area contributed by atoms with E-state index < -0.39 is 0 Å². The number of ether oxygens (including phenoxy) is 1. The minimum atomic E-state index is -0.206. The van der Waals surface area contributed by atoms with Gasteiger partial charge in [0, 0.05) is 45.1 Å². The monoisotopic (exact) mass is 339 g/mol. The second-order valence-corrected chi connectivity index (χ2v) is 7.16. The molecule has 0 radical (unpaired) electrons. The molecule has 0 spiro atoms. The lowest BCUT2D eigenvalue weighted by molar-refractivity contribution is 0.0781. The van der Waals surface area contributed by atoms with E-state index in [1.807, 2.05) is 29.8 Å². The van der Waals surface area contributed by atoms with Gasteiger partial charge in [-0.2, -0.15) is 11.8 Å². The number of rotatable bonds is 5. The zero-order chi connectivity index (χ0) is 16.7. The predicted molar refractivity (Wildman–Crippen MR) is 95.5 cm³/mol. The van der Waals surface area contributed by atoms with Crippen LogP contribution in [0.4, 0.5) is 4.39 Å². The van der Waals surface area contributed by atoms with Gasteiger partial charge >= 0.3 is 0 Å². The van der Waals surface area contributed by atoms with Gasteiger partial charge in [0.1, 0.15) is 5.82 Å². The highest BCUT2D eigenvalue weighted by atomic mass is 32.2. The number of aliphatic imine (C=N–C) groups is 1. The molecule has 4 nitrogen and oxygen atoms in total. The van der Waals surface area contributed by atoms with Crippen molar-refractivity contribution in [2.45, 2.75) is 24.1 Å². The largest absolute Gasteiger partial charge is 0.381 e. The molecule has 6 heteroatoms. The van der Waals surface area contributed by atoms with E-state index in [-0.39, 0.29) is 10.6 Å². The molecule has 2 rings (SSSR count). The summed E-state index contributed by atoms with van der Waals surface area (Å²) in [6, 6.07) is 6.68. The third-order valence-corrected chi connectivity index (χ3v) is 5.71. The SMILES string of the molecule is CN=C(NCC1(SC)CCOCC1)N(C)Cc1cccc(F)c1. The minimum Gasteiger partial charge on any atom is -0.381 e. The van der Waals surface area contributed by atoms with E-state index in [9.17, 15) is 4.39 Å². The Kier molecular flexibility index (Phi) is 6.72. The van der Waals surface area contributed by atoms with Crippen LogP contribution in [0.3, 0.4) is 0 Å². The molecular weight excluding hydrogens is 313 g/mol. The van der Waals surface area contributed by atoms with Crippen LogP contribution < -0.4 is 5.32 Å². The summed E-state index contributed by atoms with van der Waals surface area (Å²) in [5.41, 5.74) is 0.932. The summed E-state index contributed by atoms with van der Waals surface area (Å²) in [7, 11) is 3.75. The summed E-state index contributed by atoms with van der Waals surface area (Å²) >= 11 is 1.90. The molecule has 0 bridgehead atoms. The average molecular weight is 339 g/mol. The van der Waals surface area contributed by atoms with Crippen LogP contribution in [0, 0.1) is 5.82 Å². The zero-order valence-corrected chi connectivity index (χ0v) is 15.0. The van der Waals surface area contributed by atoms with Crippen LogP contribution in [0.15, 0.2) is 29.3 Å². The molecule has 128 valence electrons. The van der Waals surface area contributed by atoms with E-state index in [1.165, 1.54) is 6.07 Å². The van der Waals surface area contributed by atoms with Gasteiger partial charge in [0.25, 0.3) is 0 Å². The molecule has 1 saturated heterocycles. The van der Waals surface area contributed by atoms with Crippen molar-refractivity contribution >= 4 is 17.7 Å². The average Bonchev–Trinajstić information content (AvgIpc) is 2.56. The fraction of sp³-hybridized carbons (Fsp3) is 0.588. The number of nitrogens with zero attached hydrogens (tertiary/aromatic N) is 2. The summed E-state index contributed by atoms with van der Waals surface area (Å²) in [5.74, 6) is 0.622. The first kappa shape index (κ1) is 18.1. The van der Waals surface area contributed by atoms with E-state index in [4.69, 9.17) is 4.74 Å². The molecule has 1 aromatic carbocycles. The first-order chi connectivity index (χ1) is 11.1. The van der Waals surface area contributed by atoms with Gasteiger partial charge in [-0.3, -0.25) is 4.99 Å². The highest BCUT2D eigenvalue weighted by Crippen LogP contribution is 2.33. The maximum Gasteiger partial charge on any atom is 0.193 e. The Morgan fingerprint density at radius 3 is 2.78 bits per heavy atom. The molecule has 1 aromatic rings. The fourth-order valence-corrected chi connectivity index (χ4v) is 3.60. The van der Waals surface area contributed by atoms with E-state index in [0.717, 1.165) is 44.1 Å². The highest BCUT2D eigenvalue weighted by Gasteiger charge is 2.32. The maximum atomic E-state index is 13.3. The molecular formula is C17H26FN3OS. The van der Waals surface area contributed by atoms with Gasteiger partial charge in [-0.1, -0.05) is 12.1 Å². The summed E-state index contributed by atoms with van der Waals surface area (Å²) < 4.78 is 19.0. The quantitative estimate of drug-likeness (QED) is 0.661. The van der Waals surface area contributed by atoms with Gasteiger partial charge in [-0.05, 0) is 36.8 Å². The molecule has 0 unspecified atom stereocenters. The topological polar surface area (TPSA) is 36.9 Å². The lowest BCUT2D eigenvalue weighted by Gasteiger charge is -2.37. The van der Waals surface area contributed by atoms with E-state index in [2.05, 4.69) is 16.6 Å². The molecule has 1 N–H and O–H groups in total. The number of benzene rings is 1. The second-order valence-electron chi connectivity index (χ2n) is 5.89. The van der Waals surface area contributed by atoms with Crippen molar-refractivity contribution in [3.63, 3.8) is 0 Å². The summed E-state index contributed by atoms with van der Waals surface area (Å²) in [4.78, 5) is 6.37. The van der Waals surface area contributed by atoms with Crippen molar-refractivity contribution in [2.24, 2.45) is 4.99 Å². The molecule has 1 aliphatic heterocycles. The molecule has 1 aliphatic rings. The van der Waals surface area contributed by atoms with Gasteiger partial charge < -0.3 is 15.0 Å². The second kappa shape index (κ2) is 8.55. The van der Waals surface area contributed by atoms with Gasteiger partial charge in [0.2, 0.25) is 0 Å².